The summed E-state index contributed by atoms with van der Waals surface area (Å²) < 4.78 is 202. The molecule has 13 aromatic rings. The SMILES string of the molecule is BrB(Br)Br.O=c1[nH]c(-c2ccc(OCc3sc(-c4ccc(C(F)(F)F)cc4)nc3CCCN3CCOCC3)cc2F)no1.O=c1[nH]c(-c2ccc(OCc3sc(-c4ccc(C(F)(F)F)cc4)nc3CCCO)cc2F)no1.O=c1[nH]c(-c2ccc(OCc3sc(-c4ccc(C(F)(F)F)cc4)nc3CCCOCc3ccccc3)cc2F)no1. The van der Waals surface area contributed by atoms with Crippen LogP contribution in [0.1, 0.15) is 73.2 Å². The van der Waals surface area contributed by atoms with Crippen LogP contribution in [0.3, 0.4) is 0 Å². The van der Waals surface area contributed by atoms with E-state index in [1.165, 1.54) is 107 Å². The van der Waals surface area contributed by atoms with E-state index in [1.54, 1.807) is 6.07 Å². The first-order chi connectivity index (χ1) is 56.5. The Kier molecular flexibility index (Phi) is 31.4. The molecule has 0 atom stereocenters. The summed E-state index contributed by atoms with van der Waals surface area (Å²) in [6.07, 6.45) is -9.69. The minimum atomic E-state index is -4.43. The first kappa shape index (κ1) is 89.0. The van der Waals surface area contributed by atoms with Crippen molar-refractivity contribution >= 4 is 84.5 Å². The van der Waals surface area contributed by atoms with E-state index in [4.69, 9.17) is 28.7 Å². The second-order valence-electron chi connectivity index (χ2n) is 25.3. The molecule has 41 heteroatoms. The molecular weight excluding hydrogens is 1830 g/mol. The molecule has 14 rings (SSSR count). The van der Waals surface area contributed by atoms with Gasteiger partial charge in [0.2, 0.25) is 0 Å². The highest BCUT2D eigenvalue weighted by Gasteiger charge is 2.33. The number of ether oxygens (including phenoxy) is 5. The smallest absolute Gasteiger partial charge is 0.439 e. The maximum absolute atomic E-state index is 14.7. The molecule has 1 saturated heterocycles. The predicted molar refractivity (Wildman–Crippen MR) is 426 cm³/mol. The summed E-state index contributed by atoms with van der Waals surface area (Å²) >= 11 is 13.2. The fourth-order valence-electron chi connectivity index (χ4n) is 11.3. The van der Waals surface area contributed by atoms with Crippen LogP contribution in [-0.2, 0) is 73.7 Å². The molecule has 7 heterocycles. The van der Waals surface area contributed by atoms with E-state index >= 15 is 0 Å². The van der Waals surface area contributed by atoms with Crippen LogP contribution in [-0.4, -0.2) is 105 Å². The third-order valence-corrected chi connectivity index (χ3v) is 20.5. The van der Waals surface area contributed by atoms with Gasteiger partial charge in [-0.15, -0.1) is 81.3 Å². The Labute approximate surface area is 698 Å². The van der Waals surface area contributed by atoms with E-state index in [-0.39, 0.29) is 81.0 Å². The van der Waals surface area contributed by atoms with Crippen molar-refractivity contribution in [3.63, 3.8) is 0 Å². The van der Waals surface area contributed by atoms with Crippen molar-refractivity contribution in [1.29, 1.82) is 0 Å². The average Bonchev–Trinajstić information content (AvgIpc) is 1.67. The minimum absolute atomic E-state index is 0.0317. The zero-order valence-corrected chi connectivity index (χ0v) is 68.3. The standard InChI is InChI=1S/C29H23F4N3O4S.C26H24F4N4O4S.C22H17F4N3O4S.BBr3/c30-23-15-21(12-13-22(23)26-35-28(37)40-36-26)39-17-25-24(7-4-14-38-16-18-5-2-1-3-6-18)34-27(41-25)19-8-10-20(11-9-19)29(31,32)33;27-20-14-18(7-8-19(20)23-32-25(35)38-33-23)37-15-22-21(2-1-9-34-10-12-36-13-11-34)31-24(39-22)16-3-5-17(6-4-16)26(28,29)30;23-16-10-14(7-8-15(16)19-28-21(31)33-29-19)32-11-18-17(2-1-9-30)27-20(34-18)12-3-5-13(6-4-12)22(24,25)26;2-1(3)4/h1-3,5-6,8-13,15H,4,7,14,16-17H2,(H,35,36,37);3-8,14H,1-2,9-13,15H2,(H,32,33,35);3-8,10,30H,1-2,9,11H2,(H,28,29,31);. The van der Waals surface area contributed by atoms with E-state index in [0.29, 0.717) is 101 Å². The number of rotatable bonds is 28. The summed E-state index contributed by atoms with van der Waals surface area (Å²) in [5.74, 6) is -3.83. The molecule has 4 N–H and O–H groups in total. The third-order valence-electron chi connectivity index (χ3n) is 17.1. The van der Waals surface area contributed by atoms with Gasteiger partial charge < -0.3 is 28.8 Å². The number of morpholine rings is 1. The van der Waals surface area contributed by atoms with Gasteiger partial charge in [0, 0.05) is 61.2 Å². The third kappa shape index (κ3) is 25.8. The molecule has 1 aliphatic rings. The summed E-state index contributed by atoms with van der Waals surface area (Å²) in [5, 5.41) is 21.2. The van der Waals surface area contributed by atoms with Crippen molar-refractivity contribution in [2.45, 2.75) is 83.5 Å². The monoisotopic (exact) mass is 1890 g/mol. The number of aryl methyl sites for hydroxylation is 3. The van der Waals surface area contributed by atoms with E-state index in [9.17, 15) is 72.2 Å². The number of nitrogens with one attached hydrogen (secondary N) is 3. The van der Waals surface area contributed by atoms with Gasteiger partial charge in [-0.05, 0) is 123 Å². The van der Waals surface area contributed by atoms with E-state index < -0.39 is 69.9 Å². The van der Waals surface area contributed by atoms with Gasteiger partial charge in [-0.2, -0.15) is 39.5 Å². The second-order valence-corrected chi connectivity index (χ2v) is 35.0. The van der Waals surface area contributed by atoms with Gasteiger partial charge >= 0.3 is 39.0 Å². The number of nitrogens with zero attached hydrogens (tertiary/aromatic N) is 7. The van der Waals surface area contributed by atoms with Gasteiger partial charge in [-0.3, -0.25) is 33.4 Å². The zero-order chi connectivity index (χ0) is 84.1. The lowest BCUT2D eigenvalue weighted by Gasteiger charge is -2.26. The molecule has 6 aromatic heterocycles. The number of hydrogen-bond acceptors (Lipinski definition) is 22. The van der Waals surface area contributed by atoms with Crippen molar-refractivity contribution in [2.75, 3.05) is 46.1 Å². The fraction of sp³-hybridized carbons (Fsp3) is 0.260. The van der Waals surface area contributed by atoms with Crippen LogP contribution < -0.4 is 31.5 Å². The van der Waals surface area contributed by atoms with E-state index in [1.807, 2.05) is 30.3 Å². The quantitative estimate of drug-likeness (QED) is 0.0201. The summed E-state index contributed by atoms with van der Waals surface area (Å²) in [5.41, 5.74) is 2.78. The van der Waals surface area contributed by atoms with E-state index in [2.05, 4.69) is 106 Å². The number of H-pyrrole nitrogens is 3. The number of aliphatic hydroxyl groups excluding tert-OH is 1. The molecule has 1 fully saturated rings. The Balaban J connectivity index is 0.000000170. The van der Waals surface area contributed by atoms with Crippen LogP contribution in [0.25, 0.3) is 65.9 Å². The molecule has 0 aliphatic carbocycles. The molecule has 7 aromatic carbocycles. The number of hydrogen-bond donors (Lipinski definition) is 4. The number of halogens is 15. The minimum Gasteiger partial charge on any atom is -0.488 e. The highest BCUT2D eigenvalue weighted by atomic mass is 79.9. The fourth-order valence-corrected chi connectivity index (χ4v) is 14.4. The number of thiazole rings is 3. The van der Waals surface area contributed by atoms with Gasteiger partial charge in [-0.25, -0.2) is 42.5 Å². The van der Waals surface area contributed by atoms with Crippen molar-refractivity contribution in [3.05, 3.63) is 261 Å². The second kappa shape index (κ2) is 41.7. The van der Waals surface area contributed by atoms with Crippen LogP contribution in [0.5, 0.6) is 17.2 Å². The summed E-state index contributed by atoms with van der Waals surface area (Å²) in [7, 11) is 0. The molecule has 0 radical (unpaired) electrons. The van der Waals surface area contributed by atoms with Crippen LogP contribution in [0, 0.1) is 17.5 Å². The zero-order valence-electron chi connectivity index (χ0n) is 61.1. The maximum Gasteiger partial charge on any atom is 0.439 e. The van der Waals surface area contributed by atoms with E-state index in [0.717, 1.165) is 101 Å². The lowest BCUT2D eigenvalue weighted by atomic mass is 10.1. The topological polar surface area (TPSA) is 285 Å². The number of benzene rings is 7. The number of aliphatic hydroxyl groups is 1. The molecule has 0 unspecified atom stereocenters. The molecule has 0 spiro atoms. The maximum atomic E-state index is 14.7. The lowest BCUT2D eigenvalue weighted by molar-refractivity contribution is -0.138. The first-order valence-corrected chi connectivity index (χ1v) is 40.6. The van der Waals surface area contributed by atoms with Crippen LogP contribution in [0.4, 0.5) is 52.7 Å². The van der Waals surface area contributed by atoms with Crippen LogP contribution >= 0.6 is 81.3 Å². The van der Waals surface area contributed by atoms with Gasteiger partial charge in [0.15, 0.2) is 17.5 Å². The number of alkyl halides is 9. The first-order valence-electron chi connectivity index (χ1n) is 35.4. The molecule has 0 amide bonds. The number of aromatic nitrogens is 9. The molecule has 22 nitrogen and oxygen atoms in total. The van der Waals surface area contributed by atoms with Gasteiger partial charge in [0.05, 0.1) is 84.9 Å². The van der Waals surface area contributed by atoms with Crippen molar-refractivity contribution in [2.24, 2.45) is 0 Å². The Morgan fingerprint density at radius 3 is 1.11 bits per heavy atom. The van der Waals surface area contributed by atoms with Gasteiger partial charge in [0.1, 0.15) is 69.5 Å². The molecule has 1 aliphatic heterocycles. The largest absolute Gasteiger partial charge is 0.488 e. The van der Waals surface area contributed by atoms with Gasteiger partial charge in [0.25, 0.3) is 0 Å². The van der Waals surface area contributed by atoms with Crippen molar-refractivity contribution in [1.82, 2.24) is 50.3 Å². The Bertz CT molecular complexity index is 5580. The Morgan fingerprint density at radius 1 is 0.458 bits per heavy atom. The predicted octanol–water partition coefficient (Wildman–Crippen LogP) is 19.2. The summed E-state index contributed by atoms with van der Waals surface area (Å²) in [6, 6.07) is 36.4. The van der Waals surface area contributed by atoms with Crippen LogP contribution in [0.2, 0.25) is 0 Å². The van der Waals surface area contributed by atoms with Crippen molar-refractivity contribution in [3.8, 4) is 83.1 Å². The summed E-state index contributed by atoms with van der Waals surface area (Å²) in [4.78, 5) is 58.8. The Hall–Kier alpha value is -9.85. The molecular formula is C77H64BBr3F12N10O12S3. The number of aromatic amines is 3. The highest BCUT2D eigenvalue weighted by Crippen LogP contribution is 2.39. The molecule has 0 saturated carbocycles. The lowest BCUT2D eigenvalue weighted by Crippen LogP contribution is -2.37. The molecule has 0 bridgehead atoms. The Morgan fingerprint density at radius 2 is 0.797 bits per heavy atom. The highest BCUT2D eigenvalue weighted by molar-refractivity contribution is 9.69. The van der Waals surface area contributed by atoms with Gasteiger partial charge in [-0.1, -0.05) is 82.2 Å². The summed E-state index contributed by atoms with van der Waals surface area (Å²) in [6.45, 7) is 5.14. The normalized spacial score (nSPS) is 12.4. The average molecular weight is 1900 g/mol. The molecule has 620 valence electrons. The van der Waals surface area contributed by atoms with Crippen molar-refractivity contribution < 1.29 is 95.0 Å². The molecule has 118 heavy (non-hydrogen) atoms. The van der Waals surface area contributed by atoms with Crippen LogP contribution in [0.15, 0.2) is 186 Å².